The van der Waals surface area contributed by atoms with E-state index < -0.39 is 48.0 Å². The summed E-state index contributed by atoms with van der Waals surface area (Å²) >= 11 is 0. The Morgan fingerprint density at radius 3 is 1.58 bits per heavy atom. The SMILES string of the molecule is COc1ccc(CO[C@H]2[C@H](OCc3ccccc3)[C@H]([C@H]3OC(C)(C)O[C@H]3COC(c3ccccc3)(c3ccccc3)c3ccccc3)O[C@@H]2CO)cc1. The van der Waals surface area contributed by atoms with Crippen molar-refractivity contribution in [1.82, 2.24) is 0 Å². The molecule has 5 aromatic rings. The normalized spacial score (nSPS) is 23.9. The first kappa shape index (κ1) is 37.0. The Labute approximate surface area is 312 Å². The molecule has 0 amide bonds. The number of hydrogen-bond acceptors (Lipinski definition) is 8. The van der Waals surface area contributed by atoms with Crippen molar-refractivity contribution in [2.75, 3.05) is 20.3 Å². The van der Waals surface area contributed by atoms with E-state index in [1.807, 2.05) is 123 Å². The van der Waals surface area contributed by atoms with E-state index >= 15 is 0 Å². The van der Waals surface area contributed by atoms with Crippen LogP contribution in [0.3, 0.4) is 0 Å². The van der Waals surface area contributed by atoms with Crippen LogP contribution in [-0.4, -0.2) is 67.8 Å². The molecule has 0 bridgehead atoms. The molecule has 0 radical (unpaired) electrons. The highest BCUT2D eigenvalue weighted by atomic mass is 16.8. The van der Waals surface area contributed by atoms with Gasteiger partial charge < -0.3 is 38.3 Å². The summed E-state index contributed by atoms with van der Waals surface area (Å²) in [6.07, 6.45) is -3.68. The summed E-state index contributed by atoms with van der Waals surface area (Å²) in [7, 11) is 1.64. The minimum absolute atomic E-state index is 0.166. The Balaban J connectivity index is 1.21. The van der Waals surface area contributed by atoms with Crippen LogP contribution in [0.15, 0.2) is 146 Å². The van der Waals surface area contributed by atoms with Gasteiger partial charge in [-0.15, -0.1) is 0 Å². The maximum atomic E-state index is 10.6. The number of ether oxygens (including phenoxy) is 7. The first-order valence-corrected chi connectivity index (χ1v) is 18.2. The summed E-state index contributed by atoms with van der Waals surface area (Å²) in [6.45, 7) is 4.32. The van der Waals surface area contributed by atoms with Gasteiger partial charge in [0, 0.05) is 0 Å². The van der Waals surface area contributed by atoms with E-state index in [4.69, 9.17) is 33.2 Å². The summed E-state index contributed by atoms with van der Waals surface area (Å²) in [6, 6.07) is 48.5. The molecule has 2 fully saturated rings. The molecule has 0 aromatic heterocycles. The lowest BCUT2D eigenvalue weighted by Gasteiger charge is -2.37. The van der Waals surface area contributed by atoms with Gasteiger partial charge in [-0.2, -0.15) is 0 Å². The minimum Gasteiger partial charge on any atom is -0.497 e. The molecule has 0 saturated carbocycles. The molecular formula is C45H48O8. The first-order valence-electron chi connectivity index (χ1n) is 18.2. The van der Waals surface area contributed by atoms with Gasteiger partial charge in [0.05, 0.1) is 33.5 Å². The van der Waals surface area contributed by atoms with Crippen LogP contribution >= 0.6 is 0 Å². The molecule has 2 aliphatic heterocycles. The van der Waals surface area contributed by atoms with Crippen LogP contribution in [0.4, 0.5) is 0 Å². The van der Waals surface area contributed by atoms with E-state index in [1.54, 1.807) is 7.11 Å². The zero-order valence-corrected chi connectivity index (χ0v) is 30.5. The molecule has 276 valence electrons. The Hall–Kier alpha value is -4.38. The topological polar surface area (TPSA) is 84.8 Å². The van der Waals surface area contributed by atoms with E-state index in [2.05, 4.69) is 36.4 Å². The molecule has 2 saturated heterocycles. The number of aliphatic hydroxyl groups is 1. The van der Waals surface area contributed by atoms with Crippen molar-refractivity contribution in [2.24, 2.45) is 0 Å². The molecule has 1 N–H and O–H groups in total. The smallest absolute Gasteiger partial charge is 0.164 e. The highest BCUT2D eigenvalue weighted by Crippen LogP contribution is 2.43. The van der Waals surface area contributed by atoms with Gasteiger partial charge in [-0.25, -0.2) is 0 Å². The van der Waals surface area contributed by atoms with E-state index in [9.17, 15) is 5.11 Å². The van der Waals surface area contributed by atoms with Crippen molar-refractivity contribution in [3.63, 3.8) is 0 Å². The third-order valence-electron chi connectivity index (χ3n) is 9.96. The van der Waals surface area contributed by atoms with Crippen LogP contribution in [0.5, 0.6) is 5.75 Å². The summed E-state index contributed by atoms with van der Waals surface area (Å²) in [5.74, 6) is -0.182. The van der Waals surface area contributed by atoms with Crippen molar-refractivity contribution in [3.05, 3.63) is 173 Å². The molecule has 0 spiro atoms. The number of benzene rings is 5. The summed E-state index contributed by atoms with van der Waals surface area (Å²) < 4.78 is 45.8. The molecular weight excluding hydrogens is 668 g/mol. The van der Waals surface area contributed by atoms with Gasteiger partial charge in [-0.05, 0) is 53.8 Å². The van der Waals surface area contributed by atoms with Crippen molar-refractivity contribution in [3.8, 4) is 5.75 Å². The van der Waals surface area contributed by atoms with Crippen molar-refractivity contribution < 1.29 is 38.3 Å². The largest absolute Gasteiger partial charge is 0.497 e. The lowest BCUT2D eigenvalue weighted by molar-refractivity contribution is -0.169. The van der Waals surface area contributed by atoms with Crippen molar-refractivity contribution >= 4 is 0 Å². The summed E-state index contributed by atoms with van der Waals surface area (Å²) in [4.78, 5) is 0. The maximum Gasteiger partial charge on any atom is 0.164 e. The Morgan fingerprint density at radius 2 is 1.08 bits per heavy atom. The number of methoxy groups -OCH3 is 1. The molecule has 5 aromatic carbocycles. The fourth-order valence-electron chi connectivity index (χ4n) is 7.49. The lowest BCUT2D eigenvalue weighted by atomic mass is 9.80. The number of rotatable bonds is 15. The van der Waals surface area contributed by atoms with Crippen LogP contribution in [0.25, 0.3) is 0 Å². The third kappa shape index (κ3) is 8.25. The lowest BCUT2D eigenvalue weighted by Crippen LogP contribution is -2.48. The zero-order valence-electron chi connectivity index (χ0n) is 30.5. The predicted octanol–water partition coefficient (Wildman–Crippen LogP) is 7.45. The Kier molecular flexibility index (Phi) is 11.7. The second-order valence-electron chi connectivity index (χ2n) is 13.9. The molecule has 7 rings (SSSR count). The quantitative estimate of drug-likeness (QED) is 0.112. The highest BCUT2D eigenvalue weighted by Gasteiger charge is 2.56. The van der Waals surface area contributed by atoms with Crippen LogP contribution in [0.2, 0.25) is 0 Å². The first-order chi connectivity index (χ1) is 25.9. The maximum absolute atomic E-state index is 10.6. The van der Waals surface area contributed by atoms with Crippen LogP contribution in [0, 0.1) is 0 Å². The molecule has 0 unspecified atom stereocenters. The molecule has 53 heavy (non-hydrogen) atoms. The summed E-state index contributed by atoms with van der Waals surface area (Å²) in [5, 5.41) is 10.6. The zero-order chi connectivity index (χ0) is 36.7. The number of aliphatic hydroxyl groups excluding tert-OH is 1. The molecule has 8 nitrogen and oxygen atoms in total. The van der Waals surface area contributed by atoms with Gasteiger partial charge in [0.2, 0.25) is 0 Å². The fourth-order valence-corrected chi connectivity index (χ4v) is 7.49. The molecule has 2 heterocycles. The minimum atomic E-state index is -0.957. The third-order valence-corrected chi connectivity index (χ3v) is 9.96. The van der Waals surface area contributed by atoms with Gasteiger partial charge in [-0.3, -0.25) is 0 Å². The average Bonchev–Trinajstić information content (AvgIpc) is 3.73. The fraction of sp³-hybridized carbons (Fsp3) is 0.333. The molecule has 2 aliphatic rings. The second kappa shape index (κ2) is 16.7. The Morgan fingerprint density at radius 1 is 0.585 bits per heavy atom. The van der Waals surface area contributed by atoms with Gasteiger partial charge in [-0.1, -0.05) is 133 Å². The van der Waals surface area contributed by atoms with E-state index in [0.29, 0.717) is 13.2 Å². The Bertz CT molecular complexity index is 1740. The highest BCUT2D eigenvalue weighted by molar-refractivity contribution is 5.47. The van der Waals surface area contributed by atoms with Gasteiger partial charge in [0.15, 0.2) is 5.79 Å². The molecule has 8 heteroatoms. The monoisotopic (exact) mass is 716 g/mol. The van der Waals surface area contributed by atoms with Gasteiger partial charge in [0.25, 0.3) is 0 Å². The van der Waals surface area contributed by atoms with E-state index in [0.717, 1.165) is 33.6 Å². The van der Waals surface area contributed by atoms with E-state index in [1.165, 1.54) is 0 Å². The number of hydrogen-bond donors (Lipinski definition) is 1. The van der Waals surface area contributed by atoms with Crippen LogP contribution < -0.4 is 4.74 Å². The predicted molar refractivity (Wildman–Crippen MR) is 201 cm³/mol. The van der Waals surface area contributed by atoms with Crippen LogP contribution in [-0.2, 0) is 47.2 Å². The van der Waals surface area contributed by atoms with Crippen LogP contribution in [0.1, 0.15) is 41.7 Å². The summed E-state index contributed by atoms with van der Waals surface area (Å²) in [5.41, 5.74) is 3.97. The van der Waals surface area contributed by atoms with Crippen molar-refractivity contribution in [1.29, 1.82) is 0 Å². The van der Waals surface area contributed by atoms with Gasteiger partial charge in [0.1, 0.15) is 48.0 Å². The second-order valence-corrected chi connectivity index (χ2v) is 13.9. The molecule has 0 aliphatic carbocycles. The standard InChI is InChI=1S/C45H48O8/c1-44(2)52-39(31-50-45(34-18-10-5-11-19-34,35-20-12-6-13-21-35)36-22-14-7-15-23-36)41(53-44)43-42(49-29-32-16-8-4-9-17-32)40(38(28-46)51-43)48-30-33-24-26-37(47-3)27-25-33/h4-27,38-43,46H,28-31H2,1-3H3/t38-,39+,40-,41+,42+,43+/m1/s1. The average molecular weight is 717 g/mol. The molecule has 6 atom stereocenters. The van der Waals surface area contributed by atoms with Gasteiger partial charge >= 0.3 is 0 Å². The van der Waals surface area contributed by atoms with Crippen molar-refractivity contribution in [2.45, 2.75) is 75.1 Å². The van der Waals surface area contributed by atoms with E-state index in [-0.39, 0.29) is 13.2 Å².